The fraction of sp³-hybridized carbons (Fsp3) is 0.567. The van der Waals surface area contributed by atoms with E-state index >= 15 is 0 Å². The molecule has 0 aliphatic carbocycles. The first kappa shape index (κ1) is 33.9. The van der Waals surface area contributed by atoms with Crippen molar-refractivity contribution >= 4 is 35.2 Å². The molecule has 0 spiro atoms. The van der Waals surface area contributed by atoms with Crippen molar-refractivity contribution in [3.05, 3.63) is 41.4 Å². The summed E-state index contributed by atoms with van der Waals surface area (Å²) in [5, 5.41) is 5.68. The minimum absolute atomic E-state index is 0.0607. The van der Waals surface area contributed by atoms with E-state index in [1.54, 1.807) is 41.5 Å². The molecule has 1 aromatic carbocycles. The maximum absolute atomic E-state index is 13.2. The second kappa shape index (κ2) is 15.1. The molecule has 2 rings (SSSR count). The summed E-state index contributed by atoms with van der Waals surface area (Å²) in [5.41, 5.74) is 0.0438. The summed E-state index contributed by atoms with van der Waals surface area (Å²) in [6.07, 6.45) is 0.442. The average molecular weight is 591 g/mol. The molecular formula is C30H42N2O8S. The van der Waals surface area contributed by atoms with Gasteiger partial charge in [0.1, 0.15) is 17.1 Å². The van der Waals surface area contributed by atoms with Crippen LogP contribution in [0.3, 0.4) is 0 Å². The van der Waals surface area contributed by atoms with E-state index in [4.69, 9.17) is 18.9 Å². The molecule has 0 aliphatic rings. The molecule has 1 aromatic heterocycles. The lowest BCUT2D eigenvalue weighted by Crippen LogP contribution is -2.50. The number of nitrogens with one attached hydrogen (secondary N) is 1. The fourth-order valence-corrected chi connectivity index (χ4v) is 4.24. The lowest BCUT2D eigenvalue weighted by Gasteiger charge is -2.25. The summed E-state index contributed by atoms with van der Waals surface area (Å²) in [5.74, 6) is -2.37. The fourth-order valence-electron chi connectivity index (χ4n) is 3.40. The molecule has 0 fully saturated rings. The van der Waals surface area contributed by atoms with E-state index in [-0.39, 0.29) is 12.3 Å². The van der Waals surface area contributed by atoms with E-state index in [0.29, 0.717) is 12.1 Å². The number of rotatable bonds is 13. The molecule has 1 N–H and O–H groups in total. The summed E-state index contributed by atoms with van der Waals surface area (Å²) >= 11 is 1.43. The Morgan fingerprint density at radius 1 is 0.805 bits per heavy atom. The zero-order valence-electron chi connectivity index (χ0n) is 25.1. The highest BCUT2D eigenvalue weighted by Crippen LogP contribution is 2.24. The van der Waals surface area contributed by atoms with E-state index in [1.165, 1.54) is 11.3 Å². The molecule has 0 radical (unpaired) electrons. The van der Waals surface area contributed by atoms with Crippen molar-refractivity contribution in [2.45, 2.75) is 80.3 Å². The van der Waals surface area contributed by atoms with Gasteiger partial charge in [-0.05, 0) is 53.9 Å². The molecule has 0 unspecified atom stereocenters. The van der Waals surface area contributed by atoms with Crippen LogP contribution in [0.1, 0.15) is 67.5 Å². The first-order valence-corrected chi connectivity index (χ1v) is 14.4. The standard InChI is InChI=1S/C30H42N2O8S/c1-19(2)14-22(25(33)37-17-39-27(35)29(3,4)5)32-23(26(34)38-18-40-28(36)30(6,7)8)15-21-16-41-24(31-21)20-12-10-9-11-13-20/h9-13,16,19,22-23,32H,14-15,17-18H2,1-8H3/t22-,23-/m0/s1. The van der Waals surface area contributed by atoms with Crippen molar-refractivity contribution in [3.8, 4) is 10.6 Å². The number of ether oxygens (including phenoxy) is 4. The third kappa shape index (κ3) is 11.6. The SMILES string of the molecule is CC(C)C[C@H](N[C@@H](Cc1csc(-c2ccccc2)n1)C(=O)OCOC(=O)C(C)(C)C)C(=O)OCOC(=O)C(C)(C)C. The van der Waals surface area contributed by atoms with Crippen LogP contribution in [0.15, 0.2) is 35.7 Å². The summed E-state index contributed by atoms with van der Waals surface area (Å²) < 4.78 is 20.7. The van der Waals surface area contributed by atoms with E-state index in [0.717, 1.165) is 10.6 Å². The van der Waals surface area contributed by atoms with Gasteiger partial charge in [-0.2, -0.15) is 0 Å². The predicted octanol–water partition coefficient (Wildman–Crippen LogP) is 4.91. The number of nitrogens with zero attached hydrogens (tertiary/aromatic N) is 1. The average Bonchev–Trinajstić information content (AvgIpc) is 3.35. The van der Waals surface area contributed by atoms with Gasteiger partial charge in [0, 0.05) is 17.4 Å². The molecule has 0 bridgehead atoms. The van der Waals surface area contributed by atoms with Crippen LogP contribution in [0.25, 0.3) is 10.6 Å². The number of hydrogen-bond acceptors (Lipinski definition) is 11. The van der Waals surface area contributed by atoms with Crippen LogP contribution in [0, 0.1) is 16.7 Å². The number of hydrogen-bond donors (Lipinski definition) is 1. The predicted molar refractivity (Wildman–Crippen MR) is 154 cm³/mol. The molecule has 0 aliphatic heterocycles. The molecule has 0 amide bonds. The Morgan fingerprint density at radius 2 is 1.32 bits per heavy atom. The van der Waals surface area contributed by atoms with Gasteiger partial charge < -0.3 is 18.9 Å². The van der Waals surface area contributed by atoms with Gasteiger partial charge >= 0.3 is 23.9 Å². The highest BCUT2D eigenvalue weighted by molar-refractivity contribution is 7.13. The molecule has 0 saturated carbocycles. The minimum atomic E-state index is -1.01. The Kier molecular flexibility index (Phi) is 12.5. The van der Waals surface area contributed by atoms with Crippen LogP contribution in [-0.4, -0.2) is 54.5 Å². The van der Waals surface area contributed by atoms with Gasteiger partial charge in [0.05, 0.1) is 16.5 Å². The first-order valence-electron chi connectivity index (χ1n) is 13.5. The van der Waals surface area contributed by atoms with Gasteiger partial charge in [-0.15, -0.1) is 11.3 Å². The van der Waals surface area contributed by atoms with Gasteiger partial charge in [-0.3, -0.25) is 24.5 Å². The summed E-state index contributed by atoms with van der Waals surface area (Å²) in [7, 11) is 0. The Labute approximate surface area is 246 Å². The number of thiazole rings is 1. The smallest absolute Gasteiger partial charge is 0.326 e. The van der Waals surface area contributed by atoms with Gasteiger partial charge in [-0.1, -0.05) is 44.2 Å². The Morgan fingerprint density at radius 3 is 1.80 bits per heavy atom. The first-order chi connectivity index (χ1) is 19.1. The van der Waals surface area contributed by atoms with Crippen LogP contribution in [0.2, 0.25) is 0 Å². The second-order valence-electron chi connectivity index (χ2n) is 12.1. The topological polar surface area (TPSA) is 130 Å². The van der Waals surface area contributed by atoms with Crippen LogP contribution in [0.4, 0.5) is 0 Å². The Bertz CT molecular complexity index is 1170. The largest absolute Gasteiger partial charge is 0.427 e. The normalized spacial score (nSPS) is 13.3. The summed E-state index contributed by atoms with van der Waals surface area (Å²) in [4.78, 5) is 55.0. The highest BCUT2D eigenvalue weighted by Gasteiger charge is 2.31. The summed E-state index contributed by atoms with van der Waals surface area (Å²) in [6, 6.07) is 7.70. The third-order valence-electron chi connectivity index (χ3n) is 5.67. The molecule has 10 nitrogen and oxygen atoms in total. The lowest BCUT2D eigenvalue weighted by atomic mass is 9.97. The van der Waals surface area contributed by atoms with Crippen molar-refractivity contribution in [1.29, 1.82) is 0 Å². The molecule has 11 heteroatoms. The number of carbonyl (C=O) groups is 4. The van der Waals surface area contributed by atoms with Crippen LogP contribution >= 0.6 is 11.3 Å². The number of esters is 4. The molecule has 2 aromatic rings. The maximum atomic E-state index is 13.2. The van der Waals surface area contributed by atoms with Crippen LogP contribution in [-0.2, 0) is 44.5 Å². The molecular weight excluding hydrogens is 548 g/mol. The van der Waals surface area contributed by atoms with E-state index in [1.807, 2.05) is 49.6 Å². The number of aromatic nitrogens is 1. The monoisotopic (exact) mass is 590 g/mol. The second-order valence-corrected chi connectivity index (χ2v) is 13.0. The molecule has 0 saturated heterocycles. The Balaban J connectivity index is 2.19. The highest BCUT2D eigenvalue weighted by atomic mass is 32.1. The lowest BCUT2D eigenvalue weighted by molar-refractivity contribution is -0.175. The van der Waals surface area contributed by atoms with Crippen molar-refractivity contribution in [1.82, 2.24) is 10.3 Å². The van der Waals surface area contributed by atoms with Gasteiger partial charge in [0.15, 0.2) is 0 Å². The zero-order chi connectivity index (χ0) is 30.8. The van der Waals surface area contributed by atoms with Gasteiger partial charge in [0.25, 0.3) is 0 Å². The maximum Gasteiger partial charge on any atom is 0.326 e. The molecule has 2 atom stereocenters. The molecule has 41 heavy (non-hydrogen) atoms. The van der Waals surface area contributed by atoms with Crippen molar-refractivity contribution in [2.75, 3.05) is 13.6 Å². The minimum Gasteiger partial charge on any atom is -0.427 e. The number of benzene rings is 1. The Hall–Kier alpha value is -3.31. The van der Waals surface area contributed by atoms with Crippen molar-refractivity contribution < 1.29 is 38.1 Å². The number of carbonyl (C=O) groups excluding carboxylic acids is 4. The van der Waals surface area contributed by atoms with Crippen molar-refractivity contribution in [3.63, 3.8) is 0 Å². The molecule has 1 heterocycles. The van der Waals surface area contributed by atoms with Crippen molar-refractivity contribution in [2.24, 2.45) is 16.7 Å². The van der Waals surface area contributed by atoms with E-state index < -0.39 is 60.4 Å². The van der Waals surface area contributed by atoms with Crippen LogP contribution in [0.5, 0.6) is 0 Å². The quantitative estimate of drug-likeness (QED) is 0.254. The zero-order valence-corrected chi connectivity index (χ0v) is 26.0. The van der Waals surface area contributed by atoms with Gasteiger partial charge in [0.2, 0.25) is 13.6 Å². The van der Waals surface area contributed by atoms with E-state index in [2.05, 4.69) is 10.3 Å². The third-order valence-corrected chi connectivity index (χ3v) is 6.61. The van der Waals surface area contributed by atoms with Crippen LogP contribution < -0.4 is 5.32 Å². The van der Waals surface area contributed by atoms with Gasteiger partial charge in [-0.25, -0.2) is 4.98 Å². The molecule has 226 valence electrons. The van der Waals surface area contributed by atoms with E-state index in [9.17, 15) is 19.2 Å². The summed E-state index contributed by atoms with van der Waals surface area (Å²) in [6.45, 7) is 12.9.